The molecule has 0 aliphatic rings. The van der Waals surface area contributed by atoms with Gasteiger partial charge in [-0.15, -0.1) is 0 Å². The highest BCUT2D eigenvalue weighted by Crippen LogP contribution is 2.29. The Balaban J connectivity index is 1.56. The largest absolute Gasteiger partial charge is 0.497 e. The van der Waals surface area contributed by atoms with Crippen molar-refractivity contribution >= 4 is 56.7 Å². The van der Waals surface area contributed by atoms with Crippen LogP contribution in [0.4, 0.5) is 18.9 Å². The fourth-order valence-electron chi connectivity index (χ4n) is 4.60. The summed E-state index contributed by atoms with van der Waals surface area (Å²) in [6.45, 7) is 1.85. The van der Waals surface area contributed by atoms with Gasteiger partial charge in [0, 0.05) is 16.6 Å². The van der Waals surface area contributed by atoms with Crippen LogP contribution in [0.2, 0.25) is 0 Å². The van der Waals surface area contributed by atoms with Crippen molar-refractivity contribution in [3.63, 3.8) is 0 Å². The lowest BCUT2D eigenvalue weighted by Crippen LogP contribution is -2.47. The zero-order valence-electron chi connectivity index (χ0n) is 22.6. The highest BCUT2D eigenvalue weighted by molar-refractivity contribution is 7.99. The maximum absolute atomic E-state index is 13.8. The van der Waals surface area contributed by atoms with Gasteiger partial charge in [-0.1, -0.05) is 30.3 Å². The monoisotopic (exact) mass is 585 g/mol. The number of halogens is 3. The molecule has 0 fully saturated rings. The molecule has 0 saturated carbocycles. The lowest BCUT2D eigenvalue weighted by Gasteiger charge is -2.25. The first-order chi connectivity index (χ1) is 19.5. The summed E-state index contributed by atoms with van der Waals surface area (Å²) in [7, 11) is 1.56. The Labute approximate surface area is 239 Å². The van der Waals surface area contributed by atoms with Crippen molar-refractivity contribution in [2.24, 2.45) is 5.73 Å². The summed E-state index contributed by atoms with van der Waals surface area (Å²) in [5.74, 6) is -2.74. The van der Waals surface area contributed by atoms with Gasteiger partial charge in [-0.25, -0.2) is 4.90 Å². The molecular weight excluding hydrogens is 555 g/mol. The number of benzene rings is 3. The standard InChI is InChI=1S/C30H30F3N3O4S/c1-18-23(24-15-22(40-2)11-12-26(24)35-18)16-28(38)36(21-10-9-19-6-3-4-7-20(19)14-21)29(39)25(34)8-5-13-41-17-27(37)30(31,32)33/h3-4,6-7,9-12,14-15,25,35H,5,8,13,16-17,34H2,1-2H3/t25-/m0/s1. The third-order valence-corrected chi connectivity index (χ3v) is 7.83. The summed E-state index contributed by atoms with van der Waals surface area (Å²) in [4.78, 5) is 42.9. The second-order valence-corrected chi connectivity index (χ2v) is 10.7. The van der Waals surface area contributed by atoms with E-state index in [-0.39, 0.29) is 18.6 Å². The number of nitrogens with two attached hydrogens (primary N) is 1. The van der Waals surface area contributed by atoms with Crippen LogP contribution in [0.3, 0.4) is 0 Å². The highest BCUT2D eigenvalue weighted by atomic mass is 32.2. The van der Waals surface area contributed by atoms with E-state index in [9.17, 15) is 27.6 Å². The number of thioether (sulfide) groups is 1. The number of nitrogens with zero attached hydrogens (tertiary/aromatic N) is 1. The van der Waals surface area contributed by atoms with E-state index in [1.54, 1.807) is 19.2 Å². The number of carbonyl (C=O) groups excluding carboxylic acids is 3. The normalized spacial score (nSPS) is 12.4. The average Bonchev–Trinajstić information content (AvgIpc) is 3.25. The van der Waals surface area contributed by atoms with E-state index in [0.29, 0.717) is 17.9 Å². The van der Waals surface area contributed by atoms with Crippen molar-refractivity contribution in [2.45, 2.75) is 38.4 Å². The number of rotatable bonds is 11. The molecule has 0 radical (unpaired) electrons. The van der Waals surface area contributed by atoms with E-state index in [0.717, 1.165) is 49.6 Å². The van der Waals surface area contributed by atoms with Crippen molar-refractivity contribution in [2.75, 3.05) is 23.5 Å². The van der Waals surface area contributed by atoms with Gasteiger partial charge in [0.2, 0.25) is 11.7 Å². The smallest absolute Gasteiger partial charge is 0.450 e. The van der Waals surface area contributed by atoms with Crippen molar-refractivity contribution in [3.8, 4) is 5.75 Å². The molecule has 3 aromatic carbocycles. The minimum Gasteiger partial charge on any atom is -0.497 e. The Kier molecular flexibility index (Phi) is 9.39. The zero-order valence-corrected chi connectivity index (χ0v) is 23.4. The van der Waals surface area contributed by atoms with Gasteiger partial charge >= 0.3 is 6.18 Å². The lowest BCUT2D eigenvalue weighted by molar-refractivity contribution is -0.167. The molecule has 7 nitrogen and oxygen atoms in total. The summed E-state index contributed by atoms with van der Waals surface area (Å²) in [6.07, 6.45) is -4.52. The van der Waals surface area contributed by atoms with E-state index in [4.69, 9.17) is 10.5 Å². The van der Waals surface area contributed by atoms with Crippen LogP contribution >= 0.6 is 11.8 Å². The molecule has 1 aromatic heterocycles. The van der Waals surface area contributed by atoms with Crippen LogP contribution in [0.25, 0.3) is 21.7 Å². The van der Waals surface area contributed by atoms with Crippen LogP contribution in [-0.2, 0) is 20.8 Å². The van der Waals surface area contributed by atoms with Crippen LogP contribution in [0.5, 0.6) is 5.75 Å². The maximum atomic E-state index is 13.8. The van der Waals surface area contributed by atoms with Crippen molar-refractivity contribution in [1.29, 1.82) is 0 Å². The van der Waals surface area contributed by atoms with E-state index in [1.807, 2.05) is 55.5 Å². The summed E-state index contributed by atoms with van der Waals surface area (Å²) in [5, 5.41) is 2.57. The number of imide groups is 1. The van der Waals surface area contributed by atoms with Gasteiger partial charge < -0.3 is 15.5 Å². The molecule has 216 valence electrons. The Morgan fingerprint density at radius 2 is 1.78 bits per heavy atom. The first-order valence-corrected chi connectivity index (χ1v) is 14.1. The van der Waals surface area contributed by atoms with Gasteiger partial charge in [0.25, 0.3) is 5.91 Å². The molecule has 41 heavy (non-hydrogen) atoms. The van der Waals surface area contributed by atoms with Crippen molar-refractivity contribution in [3.05, 3.63) is 71.9 Å². The van der Waals surface area contributed by atoms with Crippen LogP contribution in [0.15, 0.2) is 60.7 Å². The molecule has 4 rings (SSSR count). The molecule has 0 aliphatic heterocycles. The number of hydrogen-bond acceptors (Lipinski definition) is 6. The highest BCUT2D eigenvalue weighted by Gasteiger charge is 2.37. The number of amides is 2. The summed E-state index contributed by atoms with van der Waals surface area (Å²) < 4.78 is 42.6. The van der Waals surface area contributed by atoms with Gasteiger partial charge in [-0.05, 0) is 72.2 Å². The second-order valence-electron chi connectivity index (χ2n) is 9.64. The number of ketones is 1. The molecule has 0 saturated heterocycles. The number of carbonyl (C=O) groups is 3. The van der Waals surface area contributed by atoms with Crippen LogP contribution < -0.4 is 15.4 Å². The Morgan fingerprint density at radius 3 is 2.49 bits per heavy atom. The number of ether oxygens (including phenoxy) is 1. The van der Waals surface area contributed by atoms with Crippen molar-refractivity contribution < 1.29 is 32.3 Å². The van der Waals surface area contributed by atoms with Crippen molar-refractivity contribution in [1.82, 2.24) is 4.98 Å². The van der Waals surface area contributed by atoms with Gasteiger partial charge in [-0.2, -0.15) is 24.9 Å². The summed E-state index contributed by atoms with van der Waals surface area (Å²) in [6, 6.07) is 17.2. The molecule has 1 heterocycles. The number of anilines is 1. The SMILES string of the molecule is COc1ccc2[nH]c(C)c(CC(=O)N(C(=O)[C@@H](N)CCCSCC(=O)C(F)(F)F)c3ccc4ccccc4c3)c2c1. The average molecular weight is 586 g/mol. The van der Waals surface area contributed by atoms with Gasteiger partial charge in [-0.3, -0.25) is 14.4 Å². The number of aromatic nitrogens is 1. The third kappa shape index (κ3) is 7.09. The Bertz CT molecular complexity index is 1580. The van der Waals surface area contributed by atoms with E-state index >= 15 is 0 Å². The Morgan fingerprint density at radius 1 is 1.05 bits per heavy atom. The second kappa shape index (κ2) is 12.8. The topological polar surface area (TPSA) is 105 Å². The maximum Gasteiger partial charge on any atom is 0.450 e. The molecule has 3 N–H and O–H groups in total. The molecule has 0 bridgehead atoms. The van der Waals surface area contributed by atoms with E-state index < -0.39 is 35.6 Å². The molecule has 1 atom stereocenters. The van der Waals surface area contributed by atoms with Crippen LogP contribution in [0.1, 0.15) is 24.1 Å². The van der Waals surface area contributed by atoms with Gasteiger partial charge in [0.05, 0.1) is 31.0 Å². The number of hydrogen-bond donors (Lipinski definition) is 2. The predicted molar refractivity (Wildman–Crippen MR) is 155 cm³/mol. The van der Waals surface area contributed by atoms with Crippen LogP contribution in [-0.4, -0.2) is 53.4 Å². The van der Waals surface area contributed by atoms with E-state index in [2.05, 4.69) is 4.98 Å². The Hall–Kier alpha value is -3.83. The lowest BCUT2D eigenvalue weighted by atomic mass is 10.0. The number of fused-ring (bicyclic) bond motifs is 2. The quantitative estimate of drug-likeness (QED) is 0.219. The molecule has 11 heteroatoms. The summed E-state index contributed by atoms with van der Waals surface area (Å²) >= 11 is 0.832. The third-order valence-electron chi connectivity index (χ3n) is 6.79. The minimum atomic E-state index is -4.87. The fourth-order valence-corrected chi connectivity index (χ4v) is 5.46. The van der Waals surface area contributed by atoms with Crippen LogP contribution in [0, 0.1) is 6.92 Å². The number of nitrogens with one attached hydrogen (secondary N) is 1. The first-order valence-electron chi connectivity index (χ1n) is 12.9. The molecule has 0 unspecified atom stereocenters. The zero-order chi connectivity index (χ0) is 29.7. The fraction of sp³-hybridized carbons (Fsp3) is 0.300. The molecule has 0 spiro atoms. The first kappa shape index (κ1) is 30.1. The van der Waals surface area contributed by atoms with E-state index in [1.165, 1.54) is 0 Å². The van der Waals surface area contributed by atoms with Gasteiger partial charge in [0.1, 0.15) is 5.75 Å². The predicted octanol–water partition coefficient (Wildman–Crippen LogP) is 5.71. The number of aromatic amines is 1. The molecule has 2 amide bonds. The summed E-state index contributed by atoms with van der Waals surface area (Å²) in [5.41, 5.74) is 8.93. The van der Waals surface area contributed by atoms with Gasteiger partial charge in [0.15, 0.2) is 0 Å². The molecule has 0 aliphatic carbocycles. The minimum absolute atomic E-state index is 0.0836. The molecular formula is C30H30F3N3O4S. The number of alkyl halides is 3. The number of Topliss-reactive ketones (excluding diaryl/α,β-unsaturated/α-hetero) is 1. The number of methoxy groups -OCH3 is 1. The number of H-pyrrole nitrogens is 1. The number of aryl methyl sites for hydroxylation is 1. The molecule has 4 aromatic rings.